The van der Waals surface area contributed by atoms with Gasteiger partial charge in [-0.2, -0.15) is 5.26 Å². The fourth-order valence-corrected chi connectivity index (χ4v) is 2.88. The second kappa shape index (κ2) is 5.54. The summed E-state index contributed by atoms with van der Waals surface area (Å²) in [4.78, 5) is 12.0. The summed E-state index contributed by atoms with van der Waals surface area (Å²) in [5.41, 5.74) is 2.07. The van der Waals surface area contributed by atoms with Gasteiger partial charge in [-0.1, -0.05) is 32.9 Å². The number of phenols is 1. The molecule has 0 aliphatic heterocycles. The van der Waals surface area contributed by atoms with E-state index in [1.54, 1.807) is 35.0 Å². The Kier molecular flexibility index (Phi) is 3.65. The van der Waals surface area contributed by atoms with Crippen LogP contribution in [0.3, 0.4) is 0 Å². The Morgan fingerprint density at radius 2 is 1.83 bits per heavy atom. The first-order valence-electron chi connectivity index (χ1n) is 7.71. The Labute approximate surface area is 140 Å². The summed E-state index contributed by atoms with van der Waals surface area (Å²) < 4.78 is 1.77. The molecule has 3 aromatic rings. The highest BCUT2D eigenvalue weighted by Gasteiger charge is 2.21. The Morgan fingerprint density at radius 3 is 2.50 bits per heavy atom. The minimum atomic E-state index is -0.278. The zero-order chi connectivity index (χ0) is 17.5. The van der Waals surface area contributed by atoms with Gasteiger partial charge in [-0.15, -0.1) is 0 Å². The molecule has 4 heteroatoms. The first kappa shape index (κ1) is 15.8. The molecule has 0 radical (unpaired) electrons. The molecule has 2 aromatic carbocycles. The third kappa shape index (κ3) is 2.55. The molecule has 0 aliphatic carbocycles. The van der Waals surface area contributed by atoms with Crippen molar-refractivity contribution < 1.29 is 5.11 Å². The summed E-state index contributed by atoms with van der Waals surface area (Å²) in [6.45, 7) is 5.95. The number of hydrogen-bond donors (Lipinski definition) is 1. The van der Waals surface area contributed by atoms with Crippen LogP contribution < -0.4 is 5.43 Å². The Hall–Kier alpha value is -3.06. The summed E-state index contributed by atoms with van der Waals surface area (Å²) in [5.74, 6) is 0.138. The van der Waals surface area contributed by atoms with Crippen molar-refractivity contribution in [2.24, 2.45) is 0 Å². The van der Waals surface area contributed by atoms with E-state index in [0.717, 1.165) is 0 Å². The quantitative estimate of drug-likeness (QED) is 0.741. The standard InChI is InChI=1S/C20H18N2O2/c1-20(2,3)15-10-13(12-21)17(11-19(15)24)22-9-8-18(23)14-6-4-5-7-16(14)22/h4-11,24H,1-3H3. The van der Waals surface area contributed by atoms with E-state index in [4.69, 9.17) is 0 Å². The number of fused-ring (bicyclic) bond motifs is 1. The highest BCUT2D eigenvalue weighted by molar-refractivity contribution is 5.81. The van der Waals surface area contributed by atoms with Crippen LogP contribution in [-0.2, 0) is 5.41 Å². The molecule has 0 fully saturated rings. The molecule has 0 unspecified atom stereocenters. The van der Waals surface area contributed by atoms with Crippen LogP contribution in [0.5, 0.6) is 5.75 Å². The molecule has 1 N–H and O–H groups in total. The van der Waals surface area contributed by atoms with Crippen LogP contribution in [-0.4, -0.2) is 9.67 Å². The zero-order valence-corrected chi connectivity index (χ0v) is 13.9. The van der Waals surface area contributed by atoms with E-state index in [1.165, 1.54) is 6.07 Å². The summed E-state index contributed by atoms with van der Waals surface area (Å²) >= 11 is 0. The van der Waals surface area contributed by atoms with Crippen LogP contribution in [0.25, 0.3) is 16.6 Å². The number of pyridine rings is 1. The molecule has 0 spiro atoms. The Balaban J connectivity index is 2.36. The number of nitrogens with zero attached hydrogens (tertiary/aromatic N) is 2. The maximum absolute atomic E-state index is 12.0. The lowest BCUT2D eigenvalue weighted by Gasteiger charge is -2.22. The highest BCUT2D eigenvalue weighted by Crippen LogP contribution is 2.34. The lowest BCUT2D eigenvalue weighted by molar-refractivity contribution is 0.446. The lowest BCUT2D eigenvalue weighted by Crippen LogP contribution is -2.13. The maximum atomic E-state index is 12.0. The monoisotopic (exact) mass is 318 g/mol. The minimum absolute atomic E-state index is 0.0732. The molecule has 24 heavy (non-hydrogen) atoms. The number of nitriles is 1. The van der Waals surface area contributed by atoms with Gasteiger partial charge in [-0.25, -0.2) is 0 Å². The van der Waals surface area contributed by atoms with Crippen molar-refractivity contribution in [1.82, 2.24) is 4.57 Å². The van der Waals surface area contributed by atoms with Crippen molar-refractivity contribution in [2.75, 3.05) is 0 Å². The number of para-hydroxylation sites is 1. The molecule has 0 bridgehead atoms. The predicted molar refractivity (Wildman–Crippen MR) is 94.6 cm³/mol. The van der Waals surface area contributed by atoms with Crippen molar-refractivity contribution in [3.8, 4) is 17.5 Å². The van der Waals surface area contributed by atoms with Gasteiger partial charge in [0.05, 0.1) is 16.8 Å². The van der Waals surface area contributed by atoms with Crippen LogP contribution in [0.1, 0.15) is 31.9 Å². The highest BCUT2D eigenvalue weighted by atomic mass is 16.3. The zero-order valence-electron chi connectivity index (χ0n) is 13.9. The first-order valence-corrected chi connectivity index (χ1v) is 7.71. The molecule has 0 saturated carbocycles. The molecular weight excluding hydrogens is 300 g/mol. The third-order valence-electron chi connectivity index (χ3n) is 4.11. The normalized spacial score (nSPS) is 11.4. The Bertz CT molecular complexity index is 1030. The molecule has 120 valence electrons. The van der Waals surface area contributed by atoms with E-state index in [9.17, 15) is 15.2 Å². The molecule has 0 amide bonds. The van der Waals surface area contributed by atoms with Gasteiger partial charge in [0, 0.05) is 29.3 Å². The number of aromatic nitrogens is 1. The number of benzene rings is 2. The van der Waals surface area contributed by atoms with Crippen LogP contribution in [0, 0.1) is 11.3 Å². The van der Waals surface area contributed by atoms with Crippen LogP contribution in [0.15, 0.2) is 53.5 Å². The smallest absolute Gasteiger partial charge is 0.189 e. The average Bonchev–Trinajstić information content (AvgIpc) is 2.54. The summed E-state index contributed by atoms with van der Waals surface area (Å²) in [6, 6.07) is 14.2. The molecule has 1 heterocycles. The van der Waals surface area contributed by atoms with Crippen molar-refractivity contribution in [3.63, 3.8) is 0 Å². The number of aromatic hydroxyl groups is 1. The maximum Gasteiger partial charge on any atom is 0.189 e. The molecule has 4 nitrogen and oxygen atoms in total. The summed E-state index contributed by atoms with van der Waals surface area (Å²) in [5, 5.41) is 20.6. The van der Waals surface area contributed by atoms with Crippen molar-refractivity contribution in [2.45, 2.75) is 26.2 Å². The van der Waals surface area contributed by atoms with Crippen molar-refractivity contribution >= 4 is 10.9 Å². The largest absolute Gasteiger partial charge is 0.508 e. The second-order valence-electron chi connectivity index (χ2n) is 6.82. The van der Waals surface area contributed by atoms with Gasteiger partial charge in [-0.3, -0.25) is 4.79 Å². The van der Waals surface area contributed by atoms with Gasteiger partial charge in [0.1, 0.15) is 11.8 Å². The van der Waals surface area contributed by atoms with Gasteiger partial charge in [0.15, 0.2) is 5.43 Å². The lowest BCUT2D eigenvalue weighted by atomic mass is 9.85. The molecule has 3 rings (SSSR count). The van der Waals surface area contributed by atoms with Crippen LogP contribution in [0.2, 0.25) is 0 Å². The van der Waals surface area contributed by atoms with E-state index in [0.29, 0.717) is 27.7 Å². The number of phenolic OH excluding ortho intramolecular Hbond substituents is 1. The van der Waals surface area contributed by atoms with E-state index in [1.807, 2.05) is 32.9 Å². The molecule has 1 aromatic heterocycles. The molecule has 0 saturated heterocycles. The molecule has 0 aliphatic rings. The van der Waals surface area contributed by atoms with E-state index in [2.05, 4.69) is 6.07 Å². The number of rotatable bonds is 1. The molecule has 0 atom stereocenters. The van der Waals surface area contributed by atoms with Gasteiger partial charge in [0.25, 0.3) is 0 Å². The van der Waals surface area contributed by atoms with Crippen molar-refractivity contribution in [3.05, 3.63) is 70.0 Å². The number of hydrogen-bond acceptors (Lipinski definition) is 3. The van der Waals surface area contributed by atoms with E-state index < -0.39 is 0 Å². The van der Waals surface area contributed by atoms with Gasteiger partial charge < -0.3 is 9.67 Å². The third-order valence-corrected chi connectivity index (χ3v) is 4.11. The Morgan fingerprint density at radius 1 is 1.12 bits per heavy atom. The van der Waals surface area contributed by atoms with Gasteiger partial charge in [-0.05, 0) is 23.6 Å². The van der Waals surface area contributed by atoms with Crippen LogP contribution in [0.4, 0.5) is 0 Å². The van der Waals surface area contributed by atoms with E-state index in [-0.39, 0.29) is 16.6 Å². The topological polar surface area (TPSA) is 66.0 Å². The summed E-state index contributed by atoms with van der Waals surface area (Å²) in [7, 11) is 0. The molecular formula is C20H18N2O2. The van der Waals surface area contributed by atoms with Gasteiger partial charge >= 0.3 is 0 Å². The summed E-state index contributed by atoms with van der Waals surface area (Å²) in [6.07, 6.45) is 1.64. The fourth-order valence-electron chi connectivity index (χ4n) is 2.88. The SMILES string of the molecule is CC(C)(C)c1cc(C#N)c(-n2ccc(=O)c3ccccc32)cc1O. The first-order chi connectivity index (χ1) is 11.3. The van der Waals surface area contributed by atoms with Crippen LogP contribution >= 0.6 is 0 Å². The van der Waals surface area contributed by atoms with Crippen molar-refractivity contribution in [1.29, 1.82) is 5.26 Å². The predicted octanol–water partition coefficient (Wildman–Crippen LogP) is 3.87. The fraction of sp³-hybridized carbons (Fsp3) is 0.200. The van der Waals surface area contributed by atoms with E-state index >= 15 is 0 Å². The van der Waals surface area contributed by atoms with Gasteiger partial charge in [0.2, 0.25) is 0 Å². The second-order valence-corrected chi connectivity index (χ2v) is 6.82. The minimum Gasteiger partial charge on any atom is -0.508 e. The average molecular weight is 318 g/mol.